The molecule has 0 bridgehead atoms. The molecule has 5 heteroatoms. The summed E-state index contributed by atoms with van der Waals surface area (Å²) in [4.78, 5) is 4.94. The average Bonchev–Trinajstić information content (AvgIpc) is 2.50. The monoisotopic (exact) mass is 335 g/mol. The topological polar surface area (TPSA) is 52.8 Å². The van der Waals surface area contributed by atoms with E-state index in [1.54, 1.807) is 12.1 Å². The van der Waals surface area contributed by atoms with Gasteiger partial charge in [-0.05, 0) is 49.1 Å². The van der Waals surface area contributed by atoms with Gasteiger partial charge in [0.1, 0.15) is 0 Å². The van der Waals surface area contributed by atoms with Crippen molar-refractivity contribution in [3.8, 4) is 0 Å². The highest BCUT2D eigenvalue weighted by Crippen LogP contribution is 2.54. The minimum Gasteiger partial charge on any atom is -0.289 e. The minimum absolute atomic E-state index is 0.388. The number of fused-ring (bicyclic) bond motifs is 1. The van der Waals surface area contributed by atoms with Crippen molar-refractivity contribution in [2.45, 2.75) is 25.2 Å². The van der Waals surface area contributed by atoms with Crippen molar-refractivity contribution in [2.24, 2.45) is 4.99 Å². The summed E-state index contributed by atoms with van der Waals surface area (Å²) in [6.07, 6.45) is 0.827. The molecule has 22 heavy (non-hydrogen) atoms. The van der Waals surface area contributed by atoms with Crippen molar-refractivity contribution in [3.63, 3.8) is 0 Å². The fourth-order valence-corrected chi connectivity index (χ4v) is 4.77. The van der Waals surface area contributed by atoms with Crippen LogP contribution in [0.1, 0.15) is 22.3 Å². The van der Waals surface area contributed by atoms with E-state index in [0.29, 0.717) is 21.5 Å². The number of rotatable bonds is 1. The third-order valence-electron chi connectivity index (χ3n) is 3.92. The van der Waals surface area contributed by atoms with Crippen LogP contribution in [-0.2, 0) is 6.42 Å². The van der Waals surface area contributed by atoms with Crippen LogP contribution in [0.15, 0.2) is 46.3 Å². The molecule has 116 valence electrons. The lowest BCUT2D eigenvalue weighted by atomic mass is 10.0. The van der Waals surface area contributed by atoms with Gasteiger partial charge in [0.25, 0.3) is 0 Å². The molecule has 0 aromatic heterocycles. The van der Waals surface area contributed by atoms with E-state index >= 15 is 0 Å². The Morgan fingerprint density at radius 3 is 2.59 bits per heavy atom. The van der Waals surface area contributed by atoms with Crippen LogP contribution in [0.25, 0.3) is 0 Å². The van der Waals surface area contributed by atoms with Gasteiger partial charge < -0.3 is 0 Å². The molecule has 1 heterocycles. The van der Waals surface area contributed by atoms with Crippen LogP contribution in [0.5, 0.6) is 0 Å². The molecular formula is C17H18ClNO2S. The van der Waals surface area contributed by atoms with E-state index in [1.807, 2.05) is 38.1 Å². The van der Waals surface area contributed by atoms with Gasteiger partial charge in [0.15, 0.2) is 5.04 Å². The molecule has 0 atom stereocenters. The van der Waals surface area contributed by atoms with E-state index < -0.39 is 10.6 Å². The predicted octanol–water partition coefficient (Wildman–Crippen LogP) is 5.07. The molecule has 2 aromatic carbocycles. The Labute approximate surface area is 137 Å². The van der Waals surface area contributed by atoms with Crippen molar-refractivity contribution < 1.29 is 9.11 Å². The van der Waals surface area contributed by atoms with Gasteiger partial charge in [-0.1, -0.05) is 35.9 Å². The van der Waals surface area contributed by atoms with Crippen molar-refractivity contribution in [3.05, 3.63) is 63.7 Å². The molecule has 1 aliphatic rings. The SMILES string of the molecule is Cc1cc(S(O)(O)C2=NCCc3ccccc32)c(C)cc1Cl. The van der Waals surface area contributed by atoms with Gasteiger partial charge in [0, 0.05) is 17.1 Å². The number of hydrogen-bond acceptors (Lipinski definition) is 3. The van der Waals surface area contributed by atoms with Gasteiger partial charge in [0.05, 0.1) is 4.90 Å². The third kappa shape index (κ3) is 2.57. The second-order valence-corrected chi connectivity index (χ2v) is 7.84. The molecule has 0 spiro atoms. The fraction of sp³-hybridized carbons (Fsp3) is 0.235. The third-order valence-corrected chi connectivity index (χ3v) is 6.27. The second-order valence-electron chi connectivity index (χ2n) is 5.51. The lowest BCUT2D eigenvalue weighted by molar-refractivity contribution is 0.502. The van der Waals surface area contributed by atoms with Crippen LogP contribution in [-0.4, -0.2) is 20.7 Å². The molecule has 0 radical (unpaired) electrons. The van der Waals surface area contributed by atoms with Gasteiger partial charge in [0.2, 0.25) is 0 Å². The first-order chi connectivity index (χ1) is 10.4. The quantitative estimate of drug-likeness (QED) is 0.764. The first kappa shape index (κ1) is 15.6. The number of hydrogen-bond donors (Lipinski definition) is 2. The summed E-state index contributed by atoms with van der Waals surface area (Å²) in [5.74, 6) is 0. The number of aliphatic imine (C=N–C) groups is 1. The first-order valence-electron chi connectivity index (χ1n) is 7.09. The molecule has 0 amide bonds. The maximum absolute atomic E-state index is 10.9. The Hall–Kier alpha value is -1.33. The summed E-state index contributed by atoms with van der Waals surface area (Å²) in [6, 6.07) is 11.3. The molecule has 2 N–H and O–H groups in total. The molecule has 0 fully saturated rings. The summed E-state index contributed by atoms with van der Waals surface area (Å²) < 4.78 is 21.8. The first-order valence-corrected chi connectivity index (χ1v) is 9.01. The molecule has 0 saturated carbocycles. The van der Waals surface area contributed by atoms with Gasteiger partial charge >= 0.3 is 0 Å². The molecule has 3 nitrogen and oxygen atoms in total. The molecule has 1 aliphatic heterocycles. The highest BCUT2D eigenvalue weighted by atomic mass is 35.5. The zero-order chi connectivity index (χ0) is 15.9. The van der Waals surface area contributed by atoms with E-state index in [4.69, 9.17) is 11.6 Å². The highest BCUT2D eigenvalue weighted by Gasteiger charge is 2.30. The Bertz CT molecular complexity index is 771. The maximum atomic E-state index is 10.9. The van der Waals surface area contributed by atoms with Crippen LogP contribution < -0.4 is 0 Å². The van der Waals surface area contributed by atoms with Gasteiger partial charge in [-0.3, -0.25) is 14.1 Å². The van der Waals surface area contributed by atoms with E-state index in [2.05, 4.69) is 4.99 Å². The number of benzene rings is 2. The summed E-state index contributed by atoms with van der Waals surface area (Å²) in [7, 11) is -3.15. The van der Waals surface area contributed by atoms with E-state index in [9.17, 15) is 9.11 Å². The van der Waals surface area contributed by atoms with Crippen LogP contribution in [0.4, 0.5) is 0 Å². The molecule has 0 unspecified atom stereocenters. The number of nitrogens with zero attached hydrogens (tertiary/aromatic N) is 1. The van der Waals surface area contributed by atoms with Crippen molar-refractivity contribution in [2.75, 3.05) is 6.54 Å². The largest absolute Gasteiger partial charge is 0.289 e. The van der Waals surface area contributed by atoms with E-state index in [0.717, 1.165) is 28.7 Å². The normalized spacial score (nSPS) is 15.2. The van der Waals surface area contributed by atoms with E-state index in [-0.39, 0.29) is 0 Å². The molecule has 0 saturated heterocycles. The molecular weight excluding hydrogens is 318 g/mol. The van der Waals surface area contributed by atoms with Crippen molar-refractivity contribution in [1.82, 2.24) is 0 Å². The van der Waals surface area contributed by atoms with Crippen LogP contribution >= 0.6 is 22.2 Å². The predicted molar refractivity (Wildman–Crippen MR) is 93.6 cm³/mol. The summed E-state index contributed by atoms with van der Waals surface area (Å²) >= 11 is 6.12. The second kappa shape index (κ2) is 5.70. The molecule has 3 rings (SSSR count). The standard InChI is InChI=1S/C17H18ClNO2S/c1-11-10-16(12(2)9-15(11)18)22(20,21)17-14-6-4-3-5-13(14)7-8-19-17/h3-6,9-10,20-21H,7-8H2,1-2H3. The van der Waals surface area contributed by atoms with Crippen LogP contribution in [0, 0.1) is 13.8 Å². The van der Waals surface area contributed by atoms with Crippen LogP contribution in [0.3, 0.4) is 0 Å². The van der Waals surface area contributed by atoms with Crippen molar-refractivity contribution >= 4 is 27.2 Å². The van der Waals surface area contributed by atoms with Crippen LogP contribution in [0.2, 0.25) is 5.02 Å². The Kier molecular flexibility index (Phi) is 4.03. The lowest BCUT2D eigenvalue weighted by Crippen LogP contribution is -2.20. The summed E-state index contributed by atoms with van der Waals surface area (Å²) in [5.41, 5.74) is 3.53. The fourth-order valence-electron chi connectivity index (χ4n) is 2.72. The zero-order valence-corrected chi connectivity index (χ0v) is 14.1. The van der Waals surface area contributed by atoms with E-state index in [1.165, 1.54) is 0 Å². The summed E-state index contributed by atoms with van der Waals surface area (Å²) in [5, 5.41) is 1.02. The number of halogens is 1. The number of aryl methyl sites for hydroxylation is 2. The van der Waals surface area contributed by atoms with Crippen molar-refractivity contribution in [1.29, 1.82) is 0 Å². The zero-order valence-electron chi connectivity index (χ0n) is 12.5. The maximum Gasteiger partial charge on any atom is 0.154 e. The summed E-state index contributed by atoms with van der Waals surface area (Å²) in [6.45, 7) is 4.27. The smallest absolute Gasteiger partial charge is 0.154 e. The highest BCUT2D eigenvalue weighted by molar-refractivity contribution is 8.37. The Morgan fingerprint density at radius 1 is 1.09 bits per heavy atom. The minimum atomic E-state index is -3.15. The average molecular weight is 336 g/mol. The molecule has 2 aromatic rings. The lowest BCUT2D eigenvalue weighted by Gasteiger charge is -2.37. The Morgan fingerprint density at radius 2 is 1.82 bits per heavy atom. The van der Waals surface area contributed by atoms with Gasteiger partial charge in [-0.2, -0.15) is 0 Å². The Balaban J connectivity index is 2.15. The molecule has 0 aliphatic carbocycles. The van der Waals surface area contributed by atoms with Gasteiger partial charge in [-0.25, -0.2) is 0 Å². The van der Waals surface area contributed by atoms with Gasteiger partial charge in [-0.15, -0.1) is 10.6 Å².